The summed E-state index contributed by atoms with van der Waals surface area (Å²) in [7, 11) is 0. The average Bonchev–Trinajstić information content (AvgIpc) is 2.97. The maximum absolute atomic E-state index is 4.84. The molecule has 0 N–H and O–H groups in total. The Morgan fingerprint density at radius 2 is 1.50 bits per heavy atom. The highest BCUT2D eigenvalue weighted by Crippen LogP contribution is 2.28. The summed E-state index contributed by atoms with van der Waals surface area (Å²) in [5, 5.41) is 0. The molecule has 0 aliphatic carbocycles. The lowest BCUT2D eigenvalue weighted by Crippen LogP contribution is -2.10. The number of para-hydroxylation sites is 2. The molecule has 2 aromatic heterocycles. The highest BCUT2D eigenvalue weighted by Gasteiger charge is 2.17. The van der Waals surface area contributed by atoms with Gasteiger partial charge in [0, 0.05) is 12.1 Å². The van der Waals surface area contributed by atoms with Gasteiger partial charge in [0.2, 0.25) is 0 Å². The largest absolute Gasteiger partial charge is 0.307 e. The van der Waals surface area contributed by atoms with Crippen molar-refractivity contribution in [3.8, 4) is 11.4 Å². The van der Waals surface area contributed by atoms with Gasteiger partial charge in [-0.15, -0.1) is 0 Å². The van der Waals surface area contributed by atoms with Crippen LogP contribution in [0, 0.1) is 0 Å². The Balaban J connectivity index is 1.90. The van der Waals surface area contributed by atoms with E-state index < -0.39 is 0 Å². The molecule has 4 aromatic rings. The van der Waals surface area contributed by atoms with Crippen molar-refractivity contribution in [3.05, 3.63) is 54.1 Å². The lowest BCUT2D eigenvalue weighted by Gasteiger charge is -2.19. The number of hydrogen-bond donors (Lipinski definition) is 0. The molecule has 0 saturated heterocycles. The molecule has 0 radical (unpaired) electrons. The van der Waals surface area contributed by atoms with Gasteiger partial charge >= 0.3 is 0 Å². The smallest absolute Gasteiger partial charge is 0.198 e. The van der Waals surface area contributed by atoms with Gasteiger partial charge in [-0.25, -0.2) is 15.0 Å². The third-order valence-corrected chi connectivity index (χ3v) is 4.71. The minimum atomic E-state index is 0.142. The van der Waals surface area contributed by atoms with Crippen LogP contribution >= 0.6 is 0 Å². The molecule has 0 unspecified atom stereocenters. The van der Waals surface area contributed by atoms with Crippen LogP contribution in [0.2, 0.25) is 0 Å². The lowest BCUT2D eigenvalue weighted by molar-refractivity contribution is 0.590. The summed E-state index contributed by atoms with van der Waals surface area (Å²) >= 11 is 0. The van der Waals surface area contributed by atoms with Gasteiger partial charge < -0.3 is 4.57 Å². The first kappa shape index (κ1) is 16.7. The van der Waals surface area contributed by atoms with Crippen LogP contribution in [0.15, 0.2) is 48.5 Å². The van der Waals surface area contributed by atoms with Crippen molar-refractivity contribution in [1.29, 1.82) is 0 Å². The molecule has 0 aliphatic rings. The molecule has 2 heterocycles. The Morgan fingerprint density at radius 1 is 0.846 bits per heavy atom. The Bertz CT molecular complexity index is 1070. The second-order valence-corrected chi connectivity index (χ2v) is 7.77. The summed E-state index contributed by atoms with van der Waals surface area (Å²) in [5.74, 6) is 0.942. The molecule has 0 amide bonds. The number of fused-ring (bicyclic) bond motifs is 2. The highest BCUT2D eigenvalue weighted by atomic mass is 15.2. The molecule has 0 saturated carbocycles. The average molecular weight is 344 g/mol. The molecule has 4 heteroatoms. The van der Waals surface area contributed by atoms with E-state index in [9.17, 15) is 0 Å². The Morgan fingerprint density at radius 3 is 2.12 bits per heavy atom. The molecule has 0 atom stereocenters. The van der Waals surface area contributed by atoms with Gasteiger partial charge in [-0.3, -0.25) is 0 Å². The van der Waals surface area contributed by atoms with Gasteiger partial charge in [0.1, 0.15) is 5.82 Å². The topological polar surface area (TPSA) is 43.6 Å². The number of imidazole rings is 1. The van der Waals surface area contributed by atoms with Crippen molar-refractivity contribution in [2.45, 2.75) is 46.1 Å². The van der Waals surface area contributed by atoms with Crippen LogP contribution in [-0.2, 0) is 12.0 Å². The Kier molecular flexibility index (Phi) is 3.98. The van der Waals surface area contributed by atoms with Crippen molar-refractivity contribution in [2.75, 3.05) is 0 Å². The van der Waals surface area contributed by atoms with Gasteiger partial charge in [0.25, 0.3) is 0 Å². The van der Waals surface area contributed by atoms with Crippen LogP contribution in [0.3, 0.4) is 0 Å². The van der Waals surface area contributed by atoms with E-state index in [1.54, 1.807) is 0 Å². The molecule has 0 spiro atoms. The van der Waals surface area contributed by atoms with E-state index in [0.29, 0.717) is 5.65 Å². The Labute approximate surface area is 153 Å². The van der Waals surface area contributed by atoms with Crippen LogP contribution in [0.5, 0.6) is 0 Å². The summed E-state index contributed by atoms with van der Waals surface area (Å²) in [4.78, 5) is 14.4. The van der Waals surface area contributed by atoms with Gasteiger partial charge in [0.15, 0.2) is 11.3 Å². The fourth-order valence-corrected chi connectivity index (χ4v) is 3.27. The van der Waals surface area contributed by atoms with Crippen molar-refractivity contribution >= 4 is 22.3 Å². The normalized spacial score (nSPS) is 12.2. The van der Waals surface area contributed by atoms with Crippen LogP contribution in [0.25, 0.3) is 33.7 Å². The molecule has 4 nitrogen and oxygen atoms in total. The fraction of sp³-hybridized carbons (Fsp3) is 0.318. The van der Waals surface area contributed by atoms with Crippen LogP contribution in [0.1, 0.15) is 39.7 Å². The first-order chi connectivity index (χ1) is 12.5. The minimum absolute atomic E-state index is 0.142. The van der Waals surface area contributed by atoms with Crippen LogP contribution in [-0.4, -0.2) is 19.5 Å². The zero-order valence-corrected chi connectivity index (χ0v) is 15.8. The third-order valence-electron chi connectivity index (χ3n) is 4.71. The van der Waals surface area contributed by atoms with E-state index in [-0.39, 0.29) is 5.41 Å². The van der Waals surface area contributed by atoms with Crippen LogP contribution < -0.4 is 0 Å². The number of rotatable bonds is 3. The van der Waals surface area contributed by atoms with Crippen LogP contribution in [0.4, 0.5) is 0 Å². The minimum Gasteiger partial charge on any atom is -0.307 e. The van der Waals surface area contributed by atoms with Gasteiger partial charge in [-0.1, -0.05) is 64.1 Å². The SMILES string of the molecule is CCCn1c(-c2ccc(C(C)(C)C)cc2)nc2nc3ccccc3nc21. The molecule has 4 rings (SSSR count). The van der Waals surface area contributed by atoms with E-state index in [1.165, 1.54) is 5.56 Å². The van der Waals surface area contributed by atoms with Crippen molar-refractivity contribution in [2.24, 2.45) is 0 Å². The number of aromatic nitrogens is 4. The summed E-state index contributed by atoms with van der Waals surface area (Å²) in [6, 6.07) is 16.7. The van der Waals surface area contributed by atoms with E-state index in [4.69, 9.17) is 15.0 Å². The zero-order valence-electron chi connectivity index (χ0n) is 15.8. The van der Waals surface area contributed by atoms with E-state index >= 15 is 0 Å². The van der Waals surface area contributed by atoms with Gasteiger partial charge in [-0.2, -0.15) is 0 Å². The second kappa shape index (κ2) is 6.20. The Hall–Kier alpha value is -2.75. The maximum atomic E-state index is 4.84. The van der Waals surface area contributed by atoms with E-state index in [0.717, 1.165) is 41.0 Å². The second-order valence-electron chi connectivity index (χ2n) is 7.77. The standard InChI is InChI=1S/C22H24N4/c1-5-14-26-20(15-10-12-16(13-11-15)22(2,3)4)25-19-21(26)24-18-9-7-6-8-17(18)23-19/h6-13H,5,14H2,1-4H3. The first-order valence-electron chi connectivity index (χ1n) is 9.21. The first-order valence-corrected chi connectivity index (χ1v) is 9.21. The summed E-state index contributed by atoms with van der Waals surface area (Å²) in [5.41, 5.74) is 5.94. The summed E-state index contributed by atoms with van der Waals surface area (Å²) in [6.45, 7) is 9.74. The molecule has 132 valence electrons. The van der Waals surface area contributed by atoms with E-state index in [2.05, 4.69) is 56.5 Å². The van der Waals surface area contributed by atoms with Crippen molar-refractivity contribution in [3.63, 3.8) is 0 Å². The number of hydrogen-bond acceptors (Lipinski definition) is 3. The quantitative estimate of drug-likeness (QED) is 0.503. The molecule has 0 fully saturated rings. The monoisotopic (exact) mass is 344 g/mol. The molecule has 2 aromatic carbocycles. The molecular formula is C22H24N4. The zero-order chi connectivity index (χ0) is 18.3. The van der Waals surface area contributed by atoms with Crippen molar-refractivity contribution < 1.29 is 0 Å². The number of benzene rings is 2. The highest BCUT2D eigenvalue weighted by molar-refractivity contribution is 5.84. The van der Waals surface area contributed by atoms with Crippen molar-refractivity contribution in [1.82, 2.24) is 19.5 Å². The third kappa shape index (κ3) is 2.85. The fourth-order valence-electron chi connectivity index (χ4n) is 3.27. The summed E-state index contributed by atoms with van der Waals surface area (Å²) in [6.07, 6.45) is 1.02. The number of aryl methyl sites for hydroxylation is 1. The van der Waals surface area contributed by atoms with Gasteiger partial charge in [-0.05, 0) is 29.5 Å². The maximum Gasteiger partial charge on any atom is 0.198 e. The molecular weight excluding hydrogens is 320 g/mol. The molecule has 26 heavy (non-hydrogen) atoms. The summed E-state index contributed by atoms with van der Waals surface area (Å²) < 4.78 is 2.20. The molecule has 0 bridgehead atoms. The predicted octanol–water partition coefficient (Wildman–Crippen LogP) is 5.35. The molecule has 0 aliphatic heterocycles. The lowest BCUT2D eigenvalue weighted by atomic mass is 9.87. The predicted molar refractivity (Wildman–Crippen MR) is 107 cm³/mol. The number of nitrogens with zero attached hydrogens (tertiary/aromatic N) is 4. The van der Waals surface area contributed by atoms with Gasteiger partial charge in [0.05, 0.1) is 11.0 Å². The van der Waals surface area contributed by atoms with E-state index in [1.807, 2.05) is 24.3 Å².